The van der Waals surface area contributed by atoms with Gasteiger partial charge in [0.25, 0.3) is 0 Å². The average molecular weight is 308 g/mol. The molecule has 0 aliphatic rings. The largest absolute Gasteiger partial charge is 0.384 e. The quantitative estimate of drug-likeness (QED) is 0.590. The summed E-state index contributed by atoms with van der Waals surface area (Å²) >= 11 is 5.76. The van der Waals surface area contributed by atoms with Gasteiger partial charge in [0.2, 0.25) is 5.91 Å². The van der Waals surface area contributed by atoms with Gasteiger partial charge in [-0.05, 0) is 6.07 Å². The van der Waals surface area contributed by atoms with E-state index in [0.717, 1.165) is 0 Å². The van der Waals surface area contributed by atoms with Crippen LogP contribution in [0.3, 0.4) is 0 Å². The maximum Gasteiger partial charge on any atom is 0.222 e. The molecule has 4 N–H and O–H groups in total. The summed E-state index contributed by atoms with van der Waals surface area (Å²) in [4.78, 5) is 11.4. The minimum absolute atomic E-state index is 0. The molecule has 0 unspecified atom stereocenters. The van der Waals surface area contributed by atoms with Crippen molar-refractivity contribution in [3.05, 3.63) is 34.1 Å². The zero-order chi connectivity index (χ0) is 13.9. The number of nitrogens with one attached hydrogen (secondary N) is 2. The van der Waals surface area contributed by atoms with Crippen molar-refractivity contribution in [1.29, 1.82) is 5.41 Å². The van der Waals surface area contributed by atoms with Crippen LogP contribution in [0, 0.1) is 17.1 Å². The van der Waals surface area contributed by atoms with E-state index >= 15 is 0 Å². The number of carbonyl (C=O) groups excluding carboxylic acids is 1. The molecule has 0 aliphatic heterocycles. The standard InChI is InChI=1S/C12H15ClFN3O.ClH/c1-6(2)12(18)17-5-7-3-4-8(13)9(10(7)14)11(15)16;/h3-4,6H,5H2,1-2H3,(H3,15,16)(H,17,18);1H. The van der Waals surface area contributed by atoms with Crippen molar-refractivity contribution in [2.75, 3.05) is 0 Å². The molecule has 4 nitrogen and oxygen atoms in total. The Morgan fingerprint density at radius 1 is 1.53 bits per heavy atom. The Morgan fingerprint density at radius 2 is 2.11 bits per heavy atom. The van der Waals surface area contributed by atoms with Crippen LogP contribution in [0.1, 0.15) is 25.0 Å². The maximum absolute atomic E-state index is 14.0. The first-order chi connectivity index (χ1) is 8.34. The highest BCUT2D eigenvalue weighted by Crippen LogP contribution is 2.21. The normalized spacial score (nSPS) is 9.95. The Kier molecular flexibility index (Phi) is 6.79. The molecule has 0 aromatic heterocycles. The molecule has 0 heterocycles. The molecular weight excluding hydrogens is 292 g/mol. The van der Waals surface area contributed by atoms with Crippen LogP contribution in [0.25, 0.3) is 0 Å². The van der Waals surface area contributed by atoms with Crippen LogP contribution < -0.4 is 11.1 Å². The summed E-state index contributed by atoms with van der Waals surface area (Å²) in [6.45, 7) is 3.53. The summed E-state index contributed by atoms with van der Waals surface area (Å²) in [5, 5.41) is 9.94. The van der Waals surface area contributed by atoms with Gasteiger partial charge in [0.05, 0.1) is 10.6 Å². The zero-order valence-electron chi connectivity index (χ0n) is 10.6. The van der Waals surface area contributed by atoms with Gasteiger partial charge in [-0.25, -0.2) is 4.39 Å². The van der Waals surface area contributed by atoms with E-state index in [-0.39, 0.29) is 46.9 Å². The topological polar surface area (TPSA) is 79.0 Å². The Bertz CT molecular complexity index is 492. The lowest BCUT2D eigenvalue weighted by atomic mass is 10.1. The van der Waals surface area contributed by atoms with Crippen molar-refractivity contribution in [3.8, 4) is 0 Å². The summed E-state index contributed by atoms with van der Waals surface area (Å²) < 4.78 is 14.0. The fraction of sp³-hybridized carbons (Fsp3) is 0.333. The summed E-state index contributed by atoms with van der Waals surface area (Å²) in [5.41, 5.74) is 5.38. The number of hydrogen-bond acceptors (Lipinski definition) is 2. The first-order valence-corrected chi connectivity index (χ1v) is 5.81. The number of amidine groups is 1. The zero-order valence-corrected chi connectivity index (χ0v) is 12.2. The lowest BCUT2D eigenvalue weighted by Crippen LogP contribution is -2.28. The molecule has 1 amide bonds. The van der Waals surface area contributed by atoms with Crippen LogP contribution in [0.2, 0.25) is 5.02 Å². The van der Waals surface area contributed by atoms with E-state index in [4.69, 9.17) is 22.7 Å². The number of halogens is 3. The fourth-order valence-corrected chi connectivity index (χ4v) is 1.61. The Balaban J connectivity index is 0.00000324. The number of rotatable bonds is 4. The molecule has 1 aromatic carbocycles. The molecule has 7 heteroatoms. The number of benzene rings is 1. The molecule has 0 atom stereocenters. The molecule has 0 fully saturated rings. The molecule has 1 rings (SSSR count). The number of hydrogen-bond donors (Lipinski definition) is 3. The SMILES string of the molecule is CC(C)C(=O)NCc1ccc(Cl)c(C(=N)N)c1F.Cl. The molecule has 19 heavy (non-hydrogen) atoms. The van der Waals surface area contributed by atoms with Crippen LogP contribution in [-0.4, -0.2) is 11.7 Å². The molecule has 0 saturated heterocycles. The van der Waals surface area contributed by atoms with Crippen molar-refractivity contribution in [2.45, 2.75) is 20.4 Å². The van der Waals surface area contributed by atoms with Gasteiger partial charge in [-0.15, -0.1) is 12.4 Å². The van der Waals surface area contributed by atoms with Crippen LogP contribution in [0.4, 0.5) is 4.39 Å². The Hall–Kier alpha value is -1.33. The first kappa shape index (κ1) is 17.7. The van der Waals surface area contributed by atoms with E-state index < -0.39 is 11.7 Å². The van der Waals surface area contributed by atoms with Crippen LogP contribution in [0.5, 0.6) is 0 Å². The molecule has 106 valence electrons. The van der Waals surface area contributed by atoms with E-state index in [1.807, 2.05) is 0 Å². The van der Waals surface area contributed by atoms with Crippen molar-refractivity contribution in [2.24, 2.45) is 11.7 Å². The molecule has 0 bridgehead atoms. The number of nitrogens with two attached hydrogens (primary N) is 1. The fourth-order valence-electron chi connectivity index (χ4n) is 1.37. The van der Waals surface area contributed by atoms with Crippen LogP contribution in [-0.2, 0) is 11.3 Å². The van der Waals surface area contributed by atoms with Crippen LogP contribution in [0.15, 0.2) is 12.1 Å². The van der Waals surface area contributed by atoms with E-state index in [2.05, 4.69) is 5.32 Å². The predicted octanol–water partition coefficient (Wildman–Crippen LogP) is 2.46. The maximum atomic E-state index is 14.0. The third-order valence-electron chi connectivity index (χ3n) is 2.42. The van der Waals surface area contributed by atoms with Crippen molar-refractivity contribution in [3.63, 3.8) is 0 Å². The monoisotopic (exact) mass is 307 g/mol. The van der Waals surface area contributed by atoms with Crippen molar-refractivity contribution >= 4 is 35.8 Å². The van der Waals surface area contributed by atoms with Gasteiger partial charge < -0.3 is 11.1 Å². The van der Waals surface area contributed by atoms with Gasteiger partial charge in [0.15, 0.2) is 0 Å². The summed E-state index contributed by atoms with van der Waals surface area (Å²) in [7, 11) is 0. The third-order valence-corrected chi connectivity index (χ3v) is 2.73. The van der Waals surface area contributed by atoms with E-state index in [9.17, 15) is 9.18 Å². The van der Waals surface area contributed by atoms with Gasteiger partial charge >= 0.3 is 0 Å². The molecule has 1 aromatic rings. The van der Waals surface area contributed by atoms with E-state index in [1.165, 1.54) is 12.1 Å². The summed E-state index contributed by atoms with van der Waals surface area (Å²) in [6, 6.07) is 2.92. The second kappa shape index (κ2) is 7.31. The minimum Gasteiger partial charge on any atom is -0.384 e. The van der Waals surface area contributed by atoms with Gasteiger partial charge in [-0.1, -0.05) is 31.5 Å². The van der Waals surface area contributed by atoms with Crippen molar-refractivity contribution < 1.29 is 9.18 Å². The molecule has 0 saturated carbocycles. The smallest absolute Gasteiger partial charge is 0.222 e. The molecule has 0 aliphatic carbocycles. The van der Waals surface area contributed by atoms with Gasteiger partial charge in [0, 0.05) is 18.0 Å². The van der Waals surface area contributed by atoms with Crippen molar-refractivity contribution in [1.82, 2.24) is 5.32 Å². The third kappa shape index (κ3) is 4.36. The second-order valence-electron chi connectivity index (χ2n) is 4.18. The summed E-state index contributed by atoms with van der Waals surface area (Å²) in [6.07, 6.45) is 0. The highest BCUT2D eigenvalue weighted by Gasteiger charge is 2.15. The highest BCUT2D eigenvalue weighted by molar-refractivity contribution is 6.34. The van der Waals surface area contributed by atoms with E-state index in [1.54, 1.807) is 13.8 Å². The van der Waals surface area contributed by atoms with E-state index in [0.29, 0.717) is 0 Å². The number of amides is 1. The van der Waals surface area contributed by atoms with Gasteiger partial charge in [-0.3, -0.25) is 10.2 Å². The van der Waals surface area contributed by atoms with Gasteiger partial charge in [-0.2, -0.15) is 0 Å². The Labute approximate surface area is 122 Å². The molecule has 0 radical (unpaired) electrons. The first-order valence-electron chi connectivity index (χ1n) is 5.43. The van der Waals surface area contributed by atoms with Crippen LogP contribution >= 0.6 is 24.0 Å². The average Bonchev–Trinajstić information content (AvgIpc) is 2.27. The molecular formula is C12H16Cl2FN3O. The summed E-state index contributed by atoms with van der Waals surface area (Å²) in [5.74, 6) is -1.45. The number of nitrogen functional groups attached to an aromatic ring is 1. The lowest BCUT2D eigenvalue weighted by molar-refractivity contribution is -0.124. The molecule has 0 spiro atoms. The lowest BCUT2D eigenvalue weighted by Gasteiger charge is -2.11. The van der Waals surface area contributed by atoms with Gasteiger partial charge in [0.1, 0.15) is 11.7 Å². The highest BCUT2D eigenvalue weighted by atomic mass is 35.5. The number of carbonyl (C=O) groups is 1. The second-order valence-corrected chi connectivity index (χ2v) is 4.59. The predicted molar refractivity (Wildman–Crippen MR) is 76.4 cm³/mol. The Morgan fingerprint density at radius 3 is 2.58 bits per heavy atom. The minimum atomic E-state index is -0.668.